The van der Waals surface area contributed by atoms with Crippen molar-refractivity contribution in [1.29, 1.82) is 0 Å². The van der Waals surface area contributed by atoms with Gasteiger partial charge in [-0.3, -0.25) is 9.20 Å². The molecule has 0 atom stereocenters. The predicted molar refractivity (Wildman–Crippen MR) is 80.6 cm³/mol. The monoisotopic (exact) mass is 338 g/mol. The zero-order chi connectivity index (χ0) is 15.7. The molecule has 0 unspecified atom stereocenters. The second-order valence-electron chi connectivity index (χ2n) is 4.47. The van der Waals surface area contributed by atoms with Crippen LogP contribution in [0.2, 0.25) is 10.0 Å². The van der Waals surface area contributed by atoms with Crippen LogP contribution in [0, 0.1) is 5.82 Å². The van der Waals surface area contributed by atoms with Crippen molar-refractivity contribution in [2.45, 2.75) is 6.54 Å². The second kappa shape index (κ2) is 5.90. The highest BCUT2D eigenvalue weighted by Gasteiger charge is 2.15. The molecule has 0 aliphatic carbocycles. The third kappa shape index (κ3) is 2.75. The zero-order valence-electron chi connectivity index (χ0n) is 11.1. The third-order valence-electron chi connectivity index (χ3n) is 3.05. The Labute approximate surface area is 134 Å². The molecule has 2 aromatic heterocycles. The van der Waals surface area contributed by atoms with Crippen molar-refractivity contribution in [3.63, 3.8) is 0 Å². The molecule has 0 fully saturated rings. The van der Waals surface area contributed by atoms with Gasteiger partial charge < -0.3 is 5.32 Å². The van der Waals surface area contributed by atoms with Gasteiger partial charge in [0.15, 0.2) is 11.5 Å². The van der Waals surface area contributed by atoms with Gasteiger partial charge in [0.2, 0.25) is 0 Å². The number of aromatic nitrogens is 3. The van der Waals surface area contributed by atoms with Crippen LogP contribution in [0.4, 0.5) is 4.39 Å². The van der Waals surface area contributed by atoms with Gasteiger partial charge in [-0.05, 0) is 24.3 Å². The van der Waals surface area contributed by atoms with E-state index >= 15 is 0 Å². The highest BCUT2D eigenvalue weighted by atomic mass is 35.5. The summed E-state index contributed by atoms with van der Waals surface area (Å²) >= 11 is 11.5. The number of nitrogens with one attached hydrogen (secondary N) is 1. The molecule has 1 aromatic carbocycles. The van der Waals surface area contributed by atoms with E-state index in [2.05, 4.69) is 15.5 Å². The molecule has 3 aromatic rings. The number of pyridine rings is 1. The molecule has 5 nitrogen and oxygen atoms in total. The maximum Gasteiger partial charge on any atom is 0.253 e. The number of carbonyl (C=O) groups excluding carboxylic acids is 1. The third-order valence-corrected chi connectivity index (χ3v) is 3.65. The van der Waals surface area contributed by atoms with Gasteiger partial charge in [0.25, 0.3) is 5.91 Å². The molecule has 2 heterocycles. The van der Waals surface area contributed by atoms with Crippen LogP contribution < -0.4 is 5.32 Å². The van der Waals surface area contributed by atoms with Crippen LogP contribution in [0.15, 0.2) is 36.5 Å². The van der Waals surface area contributed by atoms with Crippen LogP contribution in [0.1, 0.15) is 16.2 Å². The Kier molecular flexibility index (Phi) is 3.96. The van der Waals surface area contributed by atoms with E-state index < -0.39 is 11.7 Å². The molecule has 112 valence electrons. The summed E-state index contributed by atoms with van der Waals surface area (Å²) in [5.74, 6) is -0.674. The molecular formula is C14H9Cl2FN4O. The summed E-state index contributed by atoms with van der Waals surface area (Å²) in [5.41, 5.74) is 0.680. The number of carbonyl (C=O) groups is 1. The Morgan fingerprint density at radius 1 is 1.23 bits per heavy atom. The van der Waals surface area contributed by atoms with Gasteiger partial charge in [0.05, 0.1) is 22.2 Å². The van der Waals surface area contributed by atoms with Crippen LogP contribution in [0.25, 0.3) is 5.65 Å². The van der Waals surface area contributed by atoms with Crippen LogP contribution in [-0.4, -0.2) is 20.5 Å². The smallest absolute Gasteiger partial charge is 0.253 e. The van der Waals surface area contributed by atoms with Gasteiger partial charge in [0.1, 0.15) is 5.82 Å². The van der Waals surface area contributed by atoms with Crippen molar-refractivity contribution in [3.05, 3.63) is 63.8 Å². The molecule has 0 saturated carbocycles. The van der Waals surface area contributed by atoms with Crippen molar-refractivity contribution < 1.29 is 9.18 Å². The lowest BCUT2D eigenvalue weighted by Gasteiger charge is -2.07. The van der Waals surface area contributed by atoms with Gasteiger partial charge in [-0.15, -0.1) is 10.2 Å². The summed E-state index contributed by atoms with van der Waals surface area (Å²) < 4.78 is 15.2. The second-order valence-corrected chi connectivity index (χ2v) is 5.29. The Morgan fingerprint density at radius 3 is 2.86 bits per heavy atom. The zero-order valence-corrected chi connectivity index (χ0v) is 12.6. The molecule has 1 amide bonds. The van der Waals surface area contributed by atoms with Crippen molar-refractivity contribution in [3.8, 4) is 0 Å². The van der Waals surface area contributed by atoms with Gasteiger partial charge >= 0.3 is 0 Å². The minimum Gasteiger partial charge on any atom is -0.345 e. The molecule has 0 saturated heterocycles. The predicted octanol–water partition coefficient (Wildman–Crippen LogP) is 3.11. The van der Waals surface area contributed by atoms with Crippen molar-refractivity contribution in [2.24, 2.45) is 0 Å². The quantitative estimate of drug-likeness (QED) is 0.746. The lowest BCUT2D eigenvalue weighted by molar-refractivity contribution is 0.0949. The van der Waals surface area contributed by atoms with E-state index in [4.69, 9.17) is 23.2 Å². The molecule has 0 aliphatic heterocycles. The molecule has 0 spiro atoms. The van der Waals surface area contributed by atoms with Gasteiger partial charge in [-0.25, -0.2) is 4.39 Å². The Morgan fingerprint density at radius 2 is 2.05 bits per heavy atom. The fourth-order valence-electron chi connectivity index (χ4n) is 1.96. The highest BCUT2D eigenvalue weighted by Crippen LogP contribution is 2.24. The Balaban J connectivity index is 1.79. The first-order valence-electron chi connectivity index (χ1n) is 6.27. The van der Waals surface area contributed by atoms with E-state index in [-0.39, 0.29) is 22.2 Å². The van der Waals surface area contributed by atoms with Crippen molar-refractivity contribution in [2.75, 3.05) is 0 Å². The fraction of sp³-hybridized carbons (Fsp3) is 0.0714. The number of hydrogen-bond donors (Lipinski definition) is 1. The van der Waals surface area contributed by atoms with Crippen LogP contribution >= 0.6 is 23.2 Å². The summed E-state index contributed by atoms with van der Waals surface area (Å²) in [6.07, 6.45) is 1.78. The number of hydrogen-bond acceptors (Lipinski definition) is 3. The average molecular weight is 339 g/mol. The van der Waals surface area contributed by atoms with Crippen LogP contribution in [0.3, 0.4) is 0 Å². The molecule has 22 heavy (non-hydrogen) atoms. The maximum absolute atomic E-state index is 13.4. The average Bonchev–Trinajstić information content (AvgIpc) is 2.92. The maximum atomic E-state index is 13.4. The lowest BCUT2D eigenvalue weighted by Crippen LogP contribution is -2.24. The topological polar surface area (TPSA) is 59.3 Å². The SMILES string of the molecule is O=C(NCc1nnc2ccccn12)c1cc(F)c(Cl)cc1Cl. The number of fused-ring (bicyclic) bond motifs is 1. The summed E-state index contributed by atoms with van der Waals surface area (Å²) in [6.45, 7) is 0.130. The van der Waals surface area contributed by atoms with Gasteiger partial charge in [0, 0.05) is 6.20 Å². The molecule has 0 bridgehead atoms. The van der Waals surface area contributed by atoms with Gasteiger partial charge in [-0.2, -0.15) is 0 Å². The van der Waals surface area contributed by atoms with E-state index in [0.717, 1.165) is 6.07 Å². The number of rotatable bonds is 3. The minimum absolute atomic E-state index is 0.0115. The van der Waals surface area contributed by atoms with E-state index in [1.54, 1.807) is 16.7 Å². The summed E-state index contributed by atoms with van der Waals surface area (Å²) in [4.78, 5) is 12.1. The first-order valence-corrected chi connectivity index (χ1v) is 7.03. The first kappa shape index (κ1) is 14.7. The van der Waals surface area contributed by atoms with Crippen molar-refractivity contribution >= 4 is 34.8 Å². The van der Waals surface area contributed by atoms with E-state index in [1.165, 1.54) is 6.07 Å². The molecule has 8 heteroatoms. The molecule has 0 radical (unpaired) electrons. The molecular weight excluding hydrogens is 330 g/mol. The van der Waals surface area contributed by atoms with Crippen molar-refractivity contribution in [1.82, 2.24) is 19.9 Å². The van der Waals surface area contributed by atoms with E-state index in [9.17, 15) is 9.18 Å². The van der Waals surface area contributed by atoms with Gasteiger partial charge in [-0.1, -0.05) is 29.3 Å². The molecule has 3 rings (SSSR count). The fourth-order valence-corrected chi connectivity index (χ4v) is 2.43. The number of nitrogens with zero attached hydrogens (tertiary/aromatic N) is 3. The first-order chi connectivity index (χ1) is 10.6. The summed E-state index contributed by atoms with van der Waals surface area (Å²) in [5, 5.41) is 10.5. The molecule has 1 N–H and O–H groups in total. The summed E-state index contributed by atoms with van der Waals surface area (Å²) in [6, 6.07) is 7.65. The normalized spacial score (nSPS) is 10.9. The minimum atomic E-state index is -0.704. The molecule has 0 aliphatic rings. The largest absolute Gasteiger partial charge is 0.345 e. The lowest BCUT2D eigenvalue weighted by atomic mass is 10.2. The highest BCUT2D eigenvalue weighted by molar-refractivity contribution is 6.36. The number of benzene rings is 1. The standard InChI is InChI=1S/C14H9Cl2FN4O/c15-9-6-10(16)11(17)5-8(9)14(22)18-7-13-20-19-12-3-1-2-4-21(12)13/h1-6H,7H2,(H,18,22). The number of amides is 1. The Bertz CT molecular complexity index is 865. The van der Waals surface area contributed by atoms with E-state index in [1.807, 2.05) is 12.1 Å². The summed E-state index contributed by atoms with van der Waals surface area (Å²) in [7, 11) is 0. The van der Waals surface area contributed by atoms with Crippen LogP contribution in [0.5, 0.6) is 0 Å². The van der Waals surface area contributed by atoms with Crippen LogP contribution in [-0.2, 0) is 6.54 Å². The van der Waals surface area contributed by atoms with E-state index in [0.29, 0.717) is 11.5 Å². The Hall–Kier alpha value is -2.18. The number of halogens is 3.